The number of fused-ring (bicyclic) bond motifs is 4. The molecule has 5 nitrogen and oxygen atoms in total. The van der Waals surface area contributed by atoms with E-state index in [0.29, 0.717) is 11.8 Å². The zero-order chi connectivity index (χ0) is 36.7. The summed E-state index contributed by atoms with van der Waals surface area (Å²) in [6, 6.07) is 35.4. The number of ether oxygens (including phenoxy) is 1. The standard InChI is InChI=1S/C46H50N4O.Pt/c1-44(2,3)31-19-20-47-43(25-31)48-28-30-21-39(30)38-18-17-37(27-42(38)48)51-36-14-12-13-34(26-36)49-29-50(41-16-11-10-15-40(41)49)35-23-32(45(4,5)6)22-33(24-35)46(7,8)9;/h10-20,22-27,30,39H,21,28H2,1-9H3;. The molecule has 0 saturated heterocycles. The molecule has 2 unspecified atom stereocenters. The Morgan fingerprint density at radius 2 is 1.27 bits per heavy atom. The minimum absolute atomic E-state index is 0.0211. The summed E-state index contributed by atoms with van der Waals surface area (Å²) in [5.41, 5.74) is 11.3. The van der Waals surface area contributed by atoms with Gasteiger partial charge in [0.1, 0.15) is 0 Å². The van der Waals surface area contributed by atoms with Crippen molar-refractivity contribution in [1.82, 2.24) is 14.1 Å². The van der Waals surface area contributed by atoms with Crippen molar-refractivity contribution in [1.29, 1.82) is 0 Å². The topological polar surface area (TPSA) is 35.2 Å². The van der Waals surface area contributed by atoms with Crippen LogP contribution in [-0.4, -0.2) is 20.7 Å². The Bertz CT molecular complexity index is 2370. The molecule has 6 heteroatoms. The third-order valence-electron chi connectivity index (χ3n) is 10.8. The second-order valence-electron chi connectivity index (χ2n) is 17.9. The van der Waals surface area contributed by atoms with Crippen LogP contribution in [0.25, 0.3) is 22.4 Å². The molecule has 4 aromatic carbocycles. The monoisotopic (exact) mass is 869 g/mol. The minimum atomic E-state index is 0.0211. The molecule has 0 spiro atoms. The number of hydrogen-bond donors (Lipinski definition) is 0. The van der Waals surface area contributed by atoms with Crippen LogP contribution in [0.1, 0.15) is 96.9 Å². The fraction of sp³-hybridized carbons (Fsp3) is 0.348. The quantitative estimate of drug-likeness (QED) is 0.173. The number of benzene rings is 4. The average molecular weight is 870 g/mol. The number of nitrogens with zero attached hydrogens (tertiary/aromatic N) is 4. The molecule has 1 aliphatic carbocycles. The van der Waals surface area contributed by atoms with Gasteiger partial charge in [-0.2, -0.15) is 0 Å². The second-order valence-corrected chi connectivity index (χ2v) is 18.9. The zero-order valence-electron chi connectivity index (χ0n) is 31.9. The van der Waals surface area contributed by atoms with E-state index in [9.17, 15) is 0 Å². The average Bonchev–Trinajstić information content (AvgIpc) is 3.82. The van der Waals surface area contributed by atoms with Crippen LogP contribution in [0.15, 0.2) is 103 Å². The first-order valence-corrected chi connectivity index (χ1v) is 19.7. The number of aromatic nitrogens is 3. The third kappa shape index (κ3) is 6.40. The molecule has 6 aromatic rings. The van der Waals surface area contributed by atoms with E-state index < -0.39 is 0 Å². The molecule has 0 N–H and O–H groups in total. The van der Waals surface area contributed by atoms with Crippen molar-refractivity contribution in [3.05, 3.63) is 129 Å². The number of anilines is 2. The summed E-state index contributed by atoms with van der Waals surface area (Å²) in [6.45, 7) is 21.6. The normalized spacial score (nSPS) is 17.2. The molecule has 2 aromatic heterocycles. The molecule has 8 rings (SSSR count). The predicted octanol–water partition coefficient (Wildman–Crippen LogP) is 11.8. The summed E-state index contributed by atoms with van der Waals surface area (Å²) in [6.07, 6.45) is 3.20. The molecular formula is C46H50N4OPt. The Kier molecular flexibility index (Phi) is 8.34. The molecule has 1 aliphatic heterocycles. The molecule has 2 aliphatic rings. The van der Waals surface area contributed by atoms with Crippen molar-refractivity contribution in [3.8, 4) is 22.9 Å². The van der Waals surface area contributed by atoms with Gasteiger partial charge in [0, 0.05) is 6.20 Å². The maximum atomic E-state index is 6.70. The summed E-state index contributed by atoms with van der Waals surface area (Å²) < 4.78 is 12.6. The van der Waals surface area contributed by atoms with E-state index >= 15 is 0 Å². The van der Waals surface area contributed by atoms with Crippen molar-refractivity contribution >= 4 is 22.5 Å². The molecule has 3 heterocycles. The Balaban J connectivity index is 1.18. The fourth-order valence-electron chi connectivity index (χ4n) is 7.58. The van der Waals surface area contributed by atoms with Gasteiger partial charge < -0.3 is 0 Å². The van der Waals surface area contributed by atoms with E-state index in [1.54, 1.807) is 0 Å². The summed E-state index contributed by atoms with van der Waals surface area (Å²) in [5.74, 6) is 3.98. The van der Waals surface area contributed by atoms with Crippen molar-refractivity contribution in [2.75, 3.05) is 11.4 Å². The van der Waals surface area contributed by atoms with E-state index in [2.05, 4.69) is 193 Å². The molecule has 270 valence electrons. The Morgan fingerprint density at radius 1 is 0.635 bits per heavy atom. The first kappa shape index (κ1) is 34.9. The molecule has 1 fully saturated rings. The van der Waals surface area contributed by atoms with Gasteiger partial charge in [-0.3, -0.25) is 0 Å². The molecule has 52 heavy (non-hydrogen) atoms. The van der Waals surface area contributed by atoms with Gasteiger partial charge in [0.15, 0.2) is 0 Å². The Morgan fingerprint density at radius 3 is 1.92 bits per heavy atom. The van der Waals surface area contributed by atoms with Crippen molar-refractivity contribution in [2.45, 2.75) is 90.9 Å². The number of para-hydroxylation sites is 2. The van der Waals surface area contributed by atoms with Crippen LogP contribution >= 0.6 is 0 Å². The first-order chi connectivity index (χ1) is 24.6. The summed E-state index contributed by atoms with van der Waals surface area (Å²) in [5, 5.41) is 0. The van der Waals surface area contributed by atoms with Crippen molar-refractivity contribution in [3.63, 3.8) is 0 Å². The fourth-order valence-corrected chi connectivity index (χ4v) is 8.71. The van der Waals surface area contributed by atoms with Crippen LogP contribution in [0.4, 0.5) is 11.5 Å². The Hall–Kier alpha value is -4.21. The summed E-state index contributed by atoms with van der Waals surface area (Å²) in [4.78, 5) is 7.27. The van der Waals surface area contributed by atoms with Gasteiger partial charge in [-0.15, -0.1) is 0 Å². The van der Waals surface area contributed by atoms with Crippen LogP contribution in [0.3, 0.4) is 0 Å². The van der Waals surface area contributed by atoms with Gasteiger partial charge >= 0.3 is 277 Å². The van der Waals surface area contributed by atoms with Crippen LogP contribution in [0.5, 0.6) is 11.5 Å². The van der Waals surface area contributed by atoms with Crippen LogP contribution in [0.2, 0.25) is 0 Å². The van der Waals surface area contributed by atoms with Gasteiger partial charge in [-0.25, -0.2) is 0 Å². The van der Waals surface area contributed by atoms with E-state index in [0.717, 1.165) is 38.9 Å². The third-order valence-corrected chi connectivity index (χ3v) is 11.9. The van der Waals surface area contributed by atoms with Gasteiger partial charge in [0.2, 0.25) is 0 Å². The zero-order valence-corrected chi connectivity index (χ0v) is 34.2. The van der Waals surface area contributed by atoms with E-state index in [1.165, 1.54) is 45.6 Å². The number of hydrogen-bond acceptors (Lipinski definition) is 3. The first-order valence-electron chi connectivity index (χ1n) is 18.6. The van der Waals surface area contributed by atoms with Crippen LogP contribution < -0.4 is 9.64 Å². The van der Waals surface area contributed by atoms with Crippen molar-refractivity contribution in [2.24, 2.45) is 5.92 Å². The summed E-state index contributed by atoms with van der Waals surface area (Å²) >= 11 is 2.50. The number of imidazole rings is 1. The predicted molar refractivity (Wildman–Crippen MR) is 211 cm³/mol. The van der Waals surface area contributed by atoms with Crippen LogP contribution in [-0.2, 0) is 35.6 Å². The van der Waals surface area contributed by atoms with Gasteiger partial charge in [-0.05, 0) is 17.0 Å². The van der Waals surface area contributed by atoms with Gasteiger partial charge in [-0.1, -0.05) is 20.8 Å². The van der Waals surface area contributed by atoms with E-state index in [-0.39, 0.29) is 16.2 Å². The maximum absolute atomic E-state index is 6.70. The Labute approximate surface area is 319 Å². The SMILES string of the molecule is CC(C)(C)c1cc(-n2[c](=[Pt])n(-c3cccc(Oc4ccc5c(c4)N(c4cc(C(C)(C)C)ccn4)CC4CC54)c3)c3ccccc32)cc(C(C)(C)C)c1. The van der Waals surface area contributed by atoms with E-state index in [4.69, 9.17) is 9.72 Å². The number of rotatable bonds is 5. The van der Waals surface area contributed by atoms with Gasteiger partial charge in [0.25, 0.3) is 0 Å². The van der Waals surface area contributed by atoms with Crippen LogP contribution in [0, 0.1) is 9.72 Å². The molecule has 0 amide bonds. The van der Waals surface area contributed by atoms with Crippen molar-refractivity contribution < 1.29 is 24.1 Å². The van der Waals surface area contributed by atoms with Gasteiger partial charge in [0.05, 0.1) is 0 Å². The number of pyridine rings is 1. The second kappa shape index (κ2) is 12.4. The molecule has 0 radical (unpaired) electrons. The summed E-state index contributed by atoms with van der Waals surface area (Å²) in [7, 11) is 0. The molecule has 1 saturated carbocycles. The van der Waals surface area contributed by atoms with E-state index in [1.807, 2.05) is 6.20 Å². The molecule has 2 atom stereocenters. The molecule has 0 bridgehead atoms. The molecular weight excluding hydrogens is 820 g/mol.